The SMILES string of the molecule is CCC(C(=N)C(=O)O)c1ncc(Br)[nH]1. The first-order valence-corrected chi connectivity index (χ1v) is 4.87. The number of carboxylic acid groups (broad SMARTS) is 1. The third kappa shape index (κ3) is 2.20. The van der Waals surface area contributed by atoms with Crippen LogP contribution < -0.4 is 0 Å². The minimum absolute atomic E-state index is 0.339. The Morgan fingerprint density at radius 1 is 1.86 bits per heavy atom. The van der Waals surface area contributed by atoms with Gasteiger partial charge >= 0.3 is 5.97 Å². The van der Waals surface area contributed by atoms with Gasteiger partial charge in [-0.3, -0.25) is 5.41 Å². The number of nitrogens with one attached hydrogen (secondary N) is 2. The molecule has 1 atom stereocenters. The third-order valence-corrected chi connectivity index (χ3v) is 2.28. The minimum atomic E-state index is -1.20. The van der Waals surface area contributed by atoms with E-state index in [0.29, 0.717) is 16.8 Å². The molecule has 0 spiro atoms. The van der Waals surface area contributed by atoms with Crippen molar-refractivity contribution in [3.05, 3.63) is 16.6 Å². The number of aromatic nitrogens is 2. The van der Waals surface area contributed by atoms with Crippen LogP contribution in [0.25, 0.3) is 0 Å². The molecule has 1 unspecified atom stereocenters. The first-order valence-electron chi connectivity index (χ1n) is 4.08. The summed E-state index contributed by atoms with van der Waals surface area (Å²) in [6, 6.07) is 0. The lowest BCUT2D eigenvalue weighted by Crippen LogP contribution is -2.21. The number of aromatic amines is 1. The predicted molar refractivity (Wildman–Crippen MR) is 54.7 cm³/mol. The van der Waals surface area contributed by atoms with E-state index in [1.807, 2.05) is 6.92 Å². The average molecular weight is 260 g/mol. The highest BCUT2D eigenvalue weighted by molar-refractivity contribution is 9.10. The molecule has 0 bridgehead atoms. The fourth-order valence-corrected chi connectivity index (χ4v) is 1.48. The first-order chi connectivity index (χ1) is 6.56. The summed E-state index contributed by atoms with van der Waals surface area (Å²) < 4.78 is 0.684. The molecule has 14 heavy (non-hydrogen) atoms. The highest BCUT2D eigenvalue weighted by Gasteiger charge is 2.23. The number of halogens is 1. The highest BCUT2D eigenvalue weighted by Crippen LogP contribution is 2.19. The maximum Gasteiger partial charge on any atom is 0.350 e. The van der Waals surface area contributed by atoms with Crippen LogP contribution in [0.4, 0.5) is 0 Å². The van der Waals surface area contributed by atoms with Gasteiger partial charge in [-0.05, 0) is 22.4 Å². The summed E-state index contributed by atoms with van der Waals surface area (Å²) in [5.41, 5.74) is -0.339. The molecule has 0 fully saturated rings. The summed E-state index contributed by atoms with van der Waals surface area (Å²) in [7, 11) is 0. The Morgan fingerprint density at radius 2 is 2.50 bits per heavy atom. The molecule has 0 saturated carbocycles. The van der Waals surface area contributed by atoms with Crippen molar-refractivity contribution >= 4 is 27.6 Å². The van der Waals surface area contributed by atoms with Crippen molar-refractivity contribution in [3.8, 4) is 0 Å². The Kier molecular flexibility index (Phi) is 3.40. The normalized spacial score (nSPS) is 12.4. The predicted octanol–water partition coefficient (Wildman–Crippen LogP) is 1.77. The molecular formula is C8H10BrN3O2. The number of imidazole rings is 1. The molecule has 1 rings (SSSR count). The van der Waals surface area contributed by atoms with Gasteiger partial charge in [0.15, 0.2) is 0 Å². The number of hydrogen-bond acceptors (Lipinski definition) is 3. The van der Waals surface area contributed by atoms with Gasteiger partial charge in [-0.1, -0.05) is 6.92 Å². The van der Waals surface area contributed by atoms with E-state index in [2.05, 4.69) is 25.9 Å². The summed E-state index contributed by atoms with van der Waals surface area (Å²) in [5.74, 6) is -1.17. The van der Waals surface area contributed by atoms with Gasteiger partial charge in [0, 0.05) is 0 Å². The van der Waals surface area contributed by atoms with Crippen LogP contribution in [-0.4, -0.2) is 26.8 Å². The Bertz CT molecular complexity index is 361. The second-order valence-electron chi connectivity index (χ2n) is 2.80. The van der Waals surface area contributed by atoms with E-state index >= 15 is 0 Å². The maximum absolute atomic E-state index is 10.6. The van der Waals surface area contributed by atoms with Crippen LogP contribution >= 0.6 is 15.9 Å². The molecule has 5 nitrogen and oxygen atoms in total. The lowest BCUT2D eigenvalue weighted by atomic mass is 10.00. The van der Waals surface area contributed by atoms with E-state index in [0.717, 1.165) is 0 Å². The van der Waals surface area contributed by atoms with Gasteiger partial charge in [0.2, 0.25) is 0 Å². The zero-order valence-electron chi connectivity index (χ0n) is 7.54. The van der Waals surface area contributed by atoms with Crippen LogP contribution in [0.5, 0.6) is 0 Å². The van der Waals surface area contributed by atoms with Gasteiger partial charge < -0.3 is 10.1 Å². The third-order valence-electron chi connectivity index (χ3n) is 1.88. The van der Waals surface area contributed by atoms with Gasteiger partial charge in [-0.2, -0.15) is 0 Å². The van der Waals surface area contributed by atoms with E-state index in [-0.39, 0.29) is 5.71 Å². The molecular weight excluding hydrogens is 250 g/mol. The zero-order chi connectivity index (χ0) is 10.7. The molecule has 76 valence electrons. The fraction of sp³-hybridized carbons (Fsp3) is 0.375. The number of aliphatic carboxylic acids is 1. The van der Waals surface area contributed by atoms with E-state index < -0.39 is 11.9 Å². The van der Waals surface area contributed by atoms with Crippen LogP contribution in [0.2, 0.25) is 0 Å². The molecule has 1 aromatic heterocycles. The van der Waals surface area contributed by atoms with Crippen LogP contribution in [0.1, 0.15) is 25.1 Å². The average Bonchev–Trinajstić information content (AvgIpc) is 2.53. The lowest BCUT2D eigenvalue weighted by molar-refractivity contribution is -0.129. The zero-order valence-corrected chi connectivity index (χ0v) is 9.13. The second kappa shape index (κ2) is 4.36. The number of rotatable bonds is 4. The van der Waals surface area contributed by atoms with Crippen molar-refractivity contribution in [1.29, 1.82) is 5.41 Å². The van der Waals surface area contributed by atoms with E-state index in [4.69, 9.17) is 10.5 Å². The molecule has 0 aromatic carbocycles. The van der Waals surface area contributed by atoms with Crippen LogP contribution in [0.15, 0.2) is 10.8 Å². The largest absolute Gasteiger partial charge is 0.477 e. The number of nitrogens with zero attached hydrogens (tertiary/aromatic N) is 1. The topological polar surface area (TPSA) is 89.8 Å². The molecule has 0 saturated heterocycles. The standard InChI is InChI=1S/C8H10BrN3O2/c1-2-4(6(10)8(13)14)7-11-3-5(9)12-7/h3-4,10H,2H2,1H3,(H,11,12)(H,13,14). The summed E-state index contributed by atoms with van der Waals surface area (Å²) in [6.07, 6.45) is 2.08. The monoisotopic (exact) mass is 259 g/mol. The van der Waals surface area contributed by atoms with Crippen molar-refractivity contribution in [2.24, 2.45) is 0 Å². The van der Waals surface area contributed by atoms with Crippen molar-refractivity contribution in [2.45, 2.75) is 19.3 Å². The van der Waals surface area contributed by atoms with Gasteiger partial charge in [-0.15, -0.1) is 0 Å². The summed E-state index contributed by atoms with van der Waals surface area (Å²) in [4.78, 5) is 17.4. The first kappa shape index (κ1) is 10.9. The molecule has 0 aliphatic heterocycles. The second-order valence-corrected chi connectivity index (χ2v) is 3.65. The summed E-state index contributed by atoms with van der Waals surface area (Å²) in [5, 5.41) is 16.0. The van der Waals surface area contributed by atoms with Gasteiger partial charge in [0.25, 0.3) is 0 Å². The molecule has 0 radical (unpaired) electrons. The molecule has 0 amide bonds. The Balaban J connectivity index is 2.92. The number of H-pyrrole nitrogens is 1. The molecule has 1 aromatic rings. The van der Waals surface area contributed by atoms with Crippen molar-refractivity contribution in [1.82, 2.24) is 9.97 Å². The van der Waals surface area contributed by atoms with Crippen LogP contribution in [0, 0.1) is 5.41 Å². The fourth-order valence-electron chi connectivity index (χ4n) is 1.17. The van der Waals surface area contributed by atoms with Crippen molar-refractivity contribution in [3.63, 3.8) is 0 Å². The van der Waals surface area contributed by atoms with Crippen LogP contribution in [-0.2, 0) is 4.79 Å². The Morgan fingerprint density at radius 3 is 2.86 bits per heavy atom. The molecule has 6 heteroatoms. The van der Waals surface area contributed by atoms with E-state index in [1.54, 1.807) is 6.20 Å². The Labute approximate surface area is 89.2 Å². The molecule has 0 aliphatic carbocycles. The molecule has 3 N–H and O–H groups in total. The van der Waals surface area contributed by atoms with Crippen molar-refractivity contribution < 1.29 is 9.90 Å². The van der Waals surface area contributed by atoms with Gasteiger partial charge in [0.05, 0.1) is 12.1 Å². The smallest absolute Gasteiger partial charge is 0.350 e. The maximum atomic E-state index is 10.6. The lowest BCUT2D eigenvalue weighted by Gasteiger charge is -2.09. The number of carbonyl (C=O) groups is 1. The van der Waals surface area contributed by atoms with Crippen molar-refractivity contribution in [2.75, 3.05) is 0 Å². The number of carboxylic acids is 1. The Hall–Kier alpha value is -1.17. The molecule has 1 heterocycles. The summed E-state index contributed by atoms with van der Waals surface area (Å²) in [6.45, 7) is 1.82. The van der Waals surface area contributed by atoms with Gasteiger partial charge in [-0.25, -0.2) is 9.78 Å². The van der Waals surface area contributed by atoms with E-state index in [9.17, 15) is 4.79 Å². The highest BCUT2D eigenvalue weighted by atomic mass is 79.9. The quantitative estimate of drug-likeness (QED) is 0.720. The minimum Gasteiger partial charge on any atom is -0.477 e. The summed E-state index contributed by atoms with van der Waals surface area (Å²) >= 11 is 3.18. The van der Waals surface area contributed by atoms with Crippen LogP contribution in [0.3, 0.4) is 0 Å². The number of hydrogen-bond donors (Lipinski definition) is 3. The molecule has 0 aliphatic rings. The van der Waals surface area contributed by atoms with Gasteiger partial charge in [0.1, 0.15) is 16.1 Å². The van der Waals surface area contributed by atoms with E-state index in [1.165, 1.54) is 0 Å².